The SMILES string of the molecule is Cc1n(Cc2ccccc2)c2c([n+]1C)C(=O)c1ccccc1C2=O.[I-]. The quantitative estimate of drug-likeness (QED) is 0.308. The van der Waals surface area contributed by atoms with Crippen molar-refractivity contribution in [2.75, 3.05) is 0 Å². The van der Waals surface area contributed by atoms with Crippen molar-refractivity contribution in [2.45, 2.75) is 13.5 Å². The Balaban J connectivity index is 0.00000182. The second-order valence-corrected chi connectivity index (χ2v) is 6.08. The van der Waals surface area contributed by atoms with Crippen LogP contribution < -0.4 is 28.5 Å². The fourth-order valence-corrected chi connectivity index (χ4v) is 3.38. The molecular formula is C20H17IN2O2. The van der Waals surface area contributed by atoms with Crippen molar-refractivity contribution in [1.82, 2.24) is 4.57 Å². The van der Waals surface area contributed by atoms with E-state index < -0.39 is 0 Å². The van der Waals surface area contributed by atoms with Gasteiger partial charge in [0.25, 0.3) is 5.82 Å². The Morgan fingerprint density at radius 2 is 1.44 bits per heavy atom. The summed E-state index contributed by atoms with van der Waals surface area (Å²) in [4.78, 5) is 25.9. The van der Waals surface area contributed by atoms with Crippen LogP contribution in [0.1, 0.15) is 43.5 Å². The number of carbonyl (C=O) groups excluding carboxylic acids is 2. The lowest BCUT2D eigenvalue weighted by Crippen LogP contribution is -3.00. The van der Waals surface area contributed by atoms with Crippen molar-refractivity contribution in [3.63, 3.8) is 0 Å². The first-order valence-corrected chi connectivity index (χ1v) is 7.91. The first-order chi connectivity index (χ1) is 11.6. The number of hydrogen-bond acceptors (Lipinski definition) is 2. The van der Waals surface area contributed by atoms with E-state index >= 15 is 0 Å². The summed E-state index contributed by atoms with van der Waals surface area (Å²) in [5, 5.41) is 0. The molecule has 0 amide bonds. The number of ketones is 2. The first kappa shape index (κ1) is 17.5. The number of aromatic nitrogens is 2. The lowest BCUT2D eigenvalue weighted by molar-refractivity contribution is -0.679. The van der Waals surface area contributed by atoms with Crippen LogP contribution in [0.3, 0.4) is 0 Å². The number of carbonyl (C=O) groups is 2. The third kappa shape index (κ3) is 2.63. The van der Waals surface area contributed by atoms with Crippen LogP contribution in [0, 0.1) is 6.92 Å². The summed E-state index contributed by atoms with van der Waals surface area (Å²) in [7, 11) is 1.84. The van der Waals surface area contributed by atoms with Gasteiger partial charge in [0.1, 0.15) is 6.54 Å². The Hall–Kier alpha value is -2.28. The van der Waals surface area contributed by atoms with Crippen molar-refractivity contribution < 1.29 is 38.1 Å². The molecule has 4 rings (SSSR count). The average molecular weight is 444 g/mol. The van der Waals surface area contributed by atoms with Gasteiger partial charge >= 0.3 is 0 Å². The molecule has 1 aromatic heterocycles. The molecule has 0 saturated heterocycles. The maximum atomic E-state index is 13.0. The highest BCUT2D eigenvalue weighted by molar-refractivity contribution is 6.26. The van der Waals surface area contributed by atoms with Gasteiger partial charge in [0.15, 0.2) is 0 Å². The second kappa shape index (κ2) is 6.55. The fraction of sp³-hybridized carbons (Fsp3) is 0.150. The molecule has 126 valence electrons. The van der Waals surface area contributed by atoms with Gasteiger partial charge in [-0.05, 0) is 5.56 Å². The molecular weight excluding hydrogens is 427 g/mol. The molecule has 1 heterocycles. The first-order valence-electron chi connectivity index (χ1n) is 7.91. The molecule has 4 nitrogen and oxygen atoms in total. The van der Waals surface area contributed by atoms with Gasteiger partial charge in [0.2, 0.25) is 23.0 Å². The van der Waals surface area contributed by atoms with E-state index in [2.05, 4.69) is 0 Å². The van der Waals surface area contributed by atoms with Crippen LogP contribution in [0.4, 0.5) is 0 Å². The standard InChI is InChI=1S/C20H17N2O2.HI/c1-13-21(2)17-18(22(13)12-14-8-4-3-5-9-14)20(24)16-11-7-6-10-15(16)19(17)23;/h3-11H,12H2,1-2H3;1H/q+1;/p-1. The Morgan fingerprint density at radius 3 is 2.08 bits per heavy atom. The lowest BCUT2D eigenvalue weighted by Gasteiger charge is -2.12. The van der Waals surface area contributed by atoms with Crippen molar-refractivity contribution in [2.24, 2.45) is 7.05 Å². The monoisotopic (exact) mass is 444 g/mol. The molecule has 1 aliphatic rings. The van der Waals surface area contributed by atoms with Crippen LogP contribution in [-0.4, -0.2) is 16.1 Å². The highest BCUT2D eigenvalue weighted by Crippen LogP contribution is 2.27. The van der Waals surface area contributed by atoms with Gasteiger partial charge in [-0.3, -0.25) is 9.59 Å². The molecule has 0 aliphatic heterocycles. The molecule has 0 bridgehead atoms. The number of benzene rings is 2. The summed E-state index contributed by atoms with van der Waals surface area (Å²) in [6.45, 7) is 2.50. The predicted octanol–water partition coefficient (Wildman–Crippen LogP) is -0.551. The second-order valence-electron chi connectivity index (χ2n) is 6.08. The van der Waals surface area contributed by atoms with E-state index in [1.807, 2.05) is 53.4 Å². The minimum atomic E-state index is -0.0855. The summed E-state index contributed by atoms with van der Waals surface area (Å²) in [5.74, 6) is 0.718. The zero-order chi connectivity index (χ0) is 16.8. The summed E-state index contributed by atoms with van der Waals surface area (Å²) in [6.07, 6.45) is 0. The smallest absolute Gasteiger partial charge is 0.254 e. The number of nitrogens with zero attached hydrogens (tertiary/aromatic N) is 2. The van der Waals surface area contributed by atoms with E-state index in [-0.39, 0.29) is 35.5 Å². The van der Waals surface area contributed by atoms with Gasteiger partial charge in [-0.15, -0.1) is 0 Å². The molecule has 0 atom stereocenters. The van der Waals surface area contributed by atoms with Gasteiger partial charge in [0, 0.05) is 18.1 Å². The van der Waals surface area contributed by atoms with Crippen LogP contribution in [0.15, 0.2) is 54.6 Å². The van der Waals surface area contributed by atoms with E-state index in [1.165, 1.54) is 0 Å². The largest absolute Gasteiger partial charge is 1.00 e. The molecule has 0 N–H and O–H groups in total. The summed E-state index contributed by atoms with van der Waals surface area (Å²) in [6, 6.07) is 17.0. The van der Waals surface area contributed by atoms with Crippen LogP contribution >= 0.6 is 0 Å². The Kier molecular flexibility index (Phi) is 4.60. The maximum Gasteiger partial charge on any atom is 0.254 e. The molecule has 2 aromatic carbocycles. The van der Waals surface area contributed by atoms with Crippen LogP contribution in [0.2, 0.25) is 0 Å². The molecule has 0 unspecified atom stereocenters. The molecule has 5 heteroatoms. The third-order valence-electron chi connectivity index (χ3n) is 4.74. The van der Waals surface area contributed by atoms with Crippen LogP contribution in [-0.2, 0) is 13.6 Å². The van der Waals surface area contributed by atoms with Crippen molar-refractivity contribution in [3.8, 4) is 0 Å². The topological polar surface area (TPSA) is 43.0 Å². The Bertz CT molecular complexity index is 990. The zero-order valence-corrected chi connectivity index (χ0v) is 16.1. The fourth-order valence-electron chi connectivity index (χ4n) is 3.38. The Morgan fingerprint density at radius 1 is 0.880 bits per heavy atom. The average Bonchev–Trinajstić information content (AvgIpc) is 2.86. The lowest BCUT2D eigenvalue weighted by atomic mass is 9.90. The molecule has 25 heavy (non-hydrogen) atoms. The van der Waals surface area contributed by atoms with Gasteiger partial charge in [-0.1, -0.05) is 54.6 Å². The highest BCUT2D eigenvalue weighted by Gasteiger charge is 2.41. The Labute approximate surface area is 163 Å². The summed E-state index contributed by atoms with van der Waals surface area (Å²) in [5.41, 5.74) is 3.04. The zero-order valence-electron chi connectivity index (χ0n) is 14.0. The summed E-state index contributed by atoms with van der Waals surface area (Å²) < 4.78 is 3.77. The van der Waals surface area contributed by atoms with Gasteiger partial charge in [-0.25, -0.2) is 9.13 Å². The maximum absolute atomic E-state index is 13.0. The highest BCUT2D eigenvalue weighted by atomic mass is 127. The summed E-state index contributed by atoms with van der Waals surface area (Å²) >= 11 is 0. The normalized spacial score (nSPS) is 12.4. The molecule has 0 radical (unpaired) electrons. The number of hydrogen-bond donors (Lipinski definition) is 0. The van der Waals surface area contributed by atoms with E-state index in [9.17, 15) is 9.59 Å². The number of rotatable bonds is 2. The number of halogens is 1. The number of fused-ring (bicyclic) bond motifs is 2. The third-order valence-corrected chi connectivity index (χ3v) is 4.74. The molecule has 0 spiro atoms. The van der Waals surface area contributed by atoms with Crippen molar-refractivity contribution in [1.29, 1.82) is 0 Å². The molecule has 0 saturated carbocycles. The van der Waals surface area contributed by atoms with E-state index in [4.69, 9.17) is 0 Å². The minimum absolute atomic E-state index is 0. The van der Waals surface area contributed by atoms with Crippen molar-refractivity contribution >= 4 is 11.6 Å². The van der Waals surface area contributed by atoms with Crippen LogP contribution in [0.25, 0.3) is 0 Å². The minimum Gasteiger partial charge on any atom is -1.00 e. The molecule has 0 fully saturated rings. The van der Waals surface area contributed by atoms with E-state index in [0.717, 1.165) is 11.4 Å². The van der Waals surface area contributed by atoms with E-state index in [1.54, 1.807) is 24.3 Å². The van der Waals surface area contributed by atoms with Crippen molar-refractivity contribution in [3.05, 3.63) is 88.5 Å². The van der Waals surface area contributed by atoms with Gasteiger partial charge in [-0.2, -0.15) is 0 Å². The molecule has 3 aromatic rings. The van der Waals surface area contributed by atoms with Gasteiger partial charge < -0.3 is 24.0 Å². The molecule has 1 aliphatic carbocycles. The number of imidazole rings is 1. The van der Waals surface area contributed by atoms with Crippen LogP contribution in [0.5, 0.6) is 0 Å². The van der Waals surface area contributed by atoms with Gasteiger partial charge in [0.05, 0.1) is 7.05 Å². The van der Waals surface area contributed by atoms with E-state index in [0.29, 0.717) is 29.1 Å². The predicted molar refractivity (Wildman–Crippen MR) is 89.2 cm³/mol.